The number of nitrogens with one attached hydrogen (secondary N) is 2. The van der Waals surface area contributed by atoms with Crippen molar-refractivity contribution in [3.05, 3.63) is 83.9 Å². The standard InChI is InChI=1S/C24H25N5O2/c1-17-5-3-4-6-21(17)29(2)20-9-7-18(8-10-20)13-27-23(31)24(11-12-24)28-22(30)19-14-25-16-26-15-19/h3-10,14-16H,11-13H2,1-2H3,(H,27,31)(H,28,30). The molecule has 0 unspecified atom stereocenters. The van der Waals surface area contributed by atoms with E-state index in [1.165, 1.54) is 24.3 Å². The van der Waals surface area contributed by atoms with Gasteiger partial charge in [-0.2, -0.15) is 0 Å². The number of aromatic nitrogens is 2. The van der Waals surface area contributed by atoms with Gasteiger partial charge in [-0.15, -0.1) is 0 Å². The highest BCUT2D eigenvalue weighted by atomic mass is 16.2. The highest BCUT2D eigenvalue weighted by Crippen LogP contribution is 2.36. The number of hydrogen-bond acceptors (Lipinski definition) is 5. The Kier molecular flexibility index (Phi) is 5.66. The predicted octanol–water partition coefficient (Wildman–Crippen LogP) is 3.13. The van der Waals surface area contributed by atoms with Gasteiger partial charge in [0.25, 0.3) is 5.91 Å². The minimum atomic E-state index is -0.835. The number of hydrogen-bond donors (Lipinski definition) is 2. The van der Waals surface area contributed by atoms with Gasteiger partial charge in [-0.3, -0.25) is 9.59 Å². The molecule has 2 amide bonds. The van der Waals surface area contributed by atoms with Gasteiger partial charge in [0.15, 0.2) is 0 Å². The molecule has 0 aliphatic heterocycles. The lowest BCUT2D eigenvalue weighted by Gasteiger charge is -2.22. The summed E-state index contributed by atoms with van der Waals surface area (Å²) >= 11 is 0. The molecule has 1 fully saturated rings. The number of anilines is 2. The first-order chi connectivity index (χ1) is 15.0. The molecule has 1 saturated carbocycles. The maximum absolute atomic E-state index is 12.7. The van der Waals surface area contributed by atoms with Gasteiger partial charge >= 0.3 is 0 Å². The summed E-state index contributed by atoms with van der Waals surface area (Å²) in [4.78, 5) is 34.9. The van der Waals surface area contributed by atoms with Crippen molar-refractivity contribution in [1.82, 2.24) is 20.6 Å². The fraction of sp³-hybridized carbons (Fsp3) is 0.250. The molecule has 0 radical (unpaired) electrons. The van der Waals surface area contributed by atoms with Crippen molar-refractivity contribution >= 4 is 23.2 Å². The predicted molar refractivity (Wildman–Crippen MR) is 119 cm³/mol. The maximum Gasteiger partial charge on any atom is 0.255 e. The van der Waals surface area contributed by atoms with Gasteiger partial charge in [-0.25, -0.2) is 9.97 Å². The third-order valence-corrected chi connectivity index (χ3v) is 5.61. The van der Waals surface area contributed by atoms with Crippen LogP contribution in [-0.4, -0.2) is 34.4 Å². The molecule has 0 atom stereocenters. The lowest BCUT2D eigenvalue weighted by Crippen LogP contribution is -2.48. The molecule has 1 aliphatic carbocycles. The molecule has 4 rings (SSSR count). The van der Waals surface area contributed by atoms with Gasteiger partial charge < -0.3 is 15.5 Å². The third kappa shape index (κ3) is 4.55. The molecule has 2 aromatic carbocycles. The Morgan fingerprint density at radius 1 is 1.03 bits per heavy atom. The lowest BCUT2D eigenvalue weighted by molar-refractivity contribution is -0.124. The van der Waals surface area contributed by atoms with Gasteiger partial charge in [0.05, 0.1) is 5.56 Å². The Bertz CT molecular complexity index is 1080. The summed E-state index contributed by atoms with van der Waals surface area (Å²) in [6.07, 6.45) is 5.48. The van der Waals surface area contributed by atoms with E-state index in [0.717, 1.165) is 16.9 Å². The van der Waals surface area contributed by atoms with Crippen LogP contribution in [0.15, 0.2) is 67.3 Å². The summed E-state index contributed by atoms with van der Waals surface area (Å²) < 4.78 is 0. The van der Waals surface area contributed by atoms with E-state index in [9.17, 15) is 9.59 Å². The molecule has 1 heterocycles. The topological polar surface area (TPSA) is 87.2 Å². The molecule has 158 valence electrons. The number of rotatable bonds is 7. The van der Waals surface area contributed by atoms with Crippen LogP contribution in [0.5, 0.6) is 0 Å². The minimum absolute atomic E-state index is 0.168. The van der Waals surface area contributed by atoms with Gasteiger partial charge in [-0.05, 0) is 49.1 Å². The maximum atomic E-state index is 12.7. The van der Waals surface area contributed by atoms with Crippen LogP contribution < -0.4 is 15.5 Å². The lowest BCUT2D eigenvalue weighted by atomic mass is 10.1. The normalized spacial score (nSPS) is 13.9. The van der Waals surface area contributed by atoms with Crippen LogP contribution in [0.25, 0.3) is 0 Å². The largest absolute Gasteiger partial charge is 0.350 e. The van der Waals surface area contributed by atoms with Crippen LogP contribution in [-0.2, 0) is 11.3 Å². The highest BCUT2D eigenvalue weighted by Gasteiger charge is 2.51. The summed E-state index contributed by atoms with van der Waals surface area (Å²) in [5, 5.41) is 5.78. The monoisotopic (exact) mass is 415 g/mol. The van der Waals surface area contributed by atoms with E-state index < -0.39 is 5.54 Å². The zero-order chi connectivity index (χ0) is 21.8. The molecule has 2 N–H and O–H groups in total. The summed E-state index contributed by atoms with van der Waals surface area (Å²) in [5.74, 6) is -0.504. The number of nitrogens with zero attached hydrogens (tertiary/aromatic N) is 3. The number of carbonyl (C=O) groups excluding carboxylic acids is 2. The quantitative estimate of drug-likeness (QED) is 0.619. The molecule has 0 bridgehead atoms. The molecule has 0 saturated heterocycles. The number of aryl methyl sites for hydroxylation is 1. The zero-order valence-corrected chi connectivity index (χ0v) is 17.6. The van der Waals surface area contributed by atoms with Crippen molar-refractivity contribution in [3.63, 3.8) is 0 Å². The van der Waals surface area contributed by atoms with Gasteiger partial charge in [-0.1, -0.05) is 30.3 Å². The van der Waals surface area contributed by atoms with Crippen LogP contribution in [0.1, 0.15) is 34.3 Å². The average molecular weight is 415 g/mol. The van der Waals surface area contributed by atoms with Crippen molar-refractivity contribution in [2.24, 2.45) is 0 Å². The van der Waals surface area contributed by atoms with E-state index in [1.807, 2.05) is 43.4 Å². The first-order valence-electron chi connectivity index (χ1n) is 10.2. The fourth-order valence-corrected chi connectivity index (χ4v) is 3.51. The van der Waals surface area contributed by atoms with Crippen molar-refractivity contribution < 1.29 is 9.59 Å². The van der Waals surface area contributed by atoms with Crippen molar-refractivity contribution in [1.29, 1.82) is 0 Å². The van der Waals surface area contributed by atoms with E-state index in [1.54, 1.807) is 0 Å². The molecule has 1 aliphatic rings. The number of carbonyl (C=O) groups is 2. The summed E-state index contributed by atoms with van der Waals surface area (Å²) in [6.45, 7) is 2.49. The van der Waals surface area contributed by atoms with Crippen LogP contribution in [0, 0.1) is 6.92 Å². The van der Waals surface area contributed by atoms with Crippen molar-refractivity contribution in [3.8, 4) is 0 Å². The molecule has 31 heavy (non-hydrogen) atoms. The number of benzene rings is 2. The summed E-state index contributed by atoms with van der Waals surface area (Å²) in [5.41, 5.74) is 3.93. The Morgan fingerprint density at radius 2 is 1.71 bits per heavy atom. The van der Waals surface area contributed by atoms with Crippen LogP contribution >= 0.6 is 0 Å². The Morgan fingerprint density at radius 3 is 2.35 bits per heavy atom. The third-order valence-electron chi connectivity index (χ3n) is 5.61. The Balaban J connectivity index is 1.34. The SMILES string of the molecule is Cc1ccccc1N(C)c1ccc(CNC(=O)C2(NC(=O)c3cncnc3)CC2)cc1. The molecule has 3 aromatic rings. The first-order valence-corrected chi connectivity index (χ1v) is 10.2. The molecule has 7 nitrogen and oxygen atoms in total. The summed E-state index contributed by atoms with van der Waals surface area (Å²) in [7, 11) is 2.04. The van der Waals surface area contributed by atoms with Crippen LogP contribution in [0.3, 0.4) is 0 Å². The van der Waals surface area contributed by atoms with Crippen molar-refractivity contribution in [2.45, 2.75) is 31.8 Å². The fourth-order valence-electron chi connectivity index (χ4n) is 3.51. The zero-order valence-electron chi connectivity index (χ0n) is 17.6. The second kappa shape index (κ2) is 8.55. The van der Waals surface area contributed by atoms with E-state index >= 15 is 0 Å². The molecular weight excluding hydrogens is 390 g/mol. The first kappa shape index (κ1) is 20.5. The minimum Gasteiger partial charge on any atom is -0.350 e. The molecule has 0 spiro atoms. The highest BCUT2D eigenvalue weighted by molar-refractivity contribution is 6.00. The Hall–Kier alpha value is -3.74. The number of amides is 2. The summed E-state index contributed by atoms with van der Waals surface area (Å²) in [6, 6.07) is 16.3. The van der Waals surface area contributed by atoms with E-state index in [4.69, 9.17) is 0 Å². The van der Waals surface area contributed by atoms with Gasteiger partial charge in [0.2, 0.25) is 5.91 Å². The van der Waals surface area contributed by atoms with E-state index in [2.05, 4.69) is 44.6 Å². The van der Waals surface area contributed by atoms with Crippen LogP contribution in [0.4, 0.5) is 11.4 Å². The van der Waals surface area contributed by atoms with Gasteiger partial charge in [0, 0.05) is 37.4 Å². The Labute approximate surface area is 181 Å². The van der Waals surface area contributed by atoms with Crippen LogP contribution in [0.2, 0.25) is 0 Å². The molecular formula is C24H25N5O2. The molecule has 7 heteroatoms. The number of para-hydroxylation sites is 1. The van der Waals surface area contributed by atoms with Gasteiger partial charge in [0.1, 0.15) is 11.9 Å². The average Bonchev–Trinajstić information content (AvgIpc) is 3.59. The smallest absolute Gasteiger partial charge is 0.255 e. The van der Waals surface area contributed by atoms with E-state index in [0.29, 0.717) is 24.9 Å². The molecule has 1 aromatic heterocycles. The second-order valence-electron chi connectivity index (χ2n) is 7.86. The second-order valence-corrected chi connectivity index (χ2v) is 7.86. The van der Waals surface area contributed by atoms with Crippen molar-refractivity contribution in [2.75, 3.05) is 11.9 Å². The van der Waals surface area contributed by atoms with E-state index in [-0.39, 0.29) is 11.8 Å².